The van der Waals surface area contributed by atoms with Crippen molar-refractivity contribution in [3.05, 3.63) is 69.7 Å². The van der Waals surface area contributed by atoms with Crippen LogP contribution in [0.2, 0.25) is 5.02 Å². The number of nitrogens with zero attached hydrogens (tertiary/aromatic N) is 4. The second kappa shape index (κ2) is 6.93. The lowest BCUT2D eigenvalue weighted by molar-refractivity contribution is -0.135. The molecule has 8 heteroatoms. The molecular weight excluding hydrogens is 354 g/mol. The van der Waals surface area contributed by atoms with Gasteiger partial charge < -0.3 is 10.2 Å². The van der Waals surface area contributed by atoms with Gasteiger partial charge in [0.15, 0.2) is 5.65 Å². The van der Waals surface area contributed by atoms with Gasteiger partial charge in [-0.25, -0.2) is 9.48 Å². The third-order valence-electron chi connectivity index (χ3n) is 4.60. The SMILES string of the molecule is O=C(Cn1nc2ccccn2c1=O)N1CCNCC1c1ccccc1Cl. The lowest BCUT2D eigenvalue weighted by Gasteiger charge is -2.36. The summed E-state index contributed by atoms with van der Waals surface area (Å²) in [5.41, 5.74) is 1.10. The number of benzene rings is 1. The van der Waals surface area contributed by atoms with Crippen molar-refractivity contribution in [2.45, 2.75) is 12.6 Å². The van der Waals surface area contributed by atoms with Gasteiger partial charge in [-0.3, -0.25) is 9.20 Å². The van der Waals surface area contributed by atoms with Crippen LogP contribution in [0.1, 0.15) is 11.6 Å². The molecule has 26 heavy (non-hydrogen) atoms. The molecule has 1 atom stereocenters. The molecule has 3 heterocycles. The average molecular weight is 372 g/mol. The van der Waals surface area contributed by atoms with Crippen LogP contribution in [0.4, 0.5) is 0 Å². The Morgan fingerprint density at radius 1 is 1.23 bits per heavy atom. The van der Waals surface area contributed by atoms with Crippen LogP contribution in [0.3, 0.4) is 0 Å². The van der Waals surface area contributed by atoms with Gasteiger partial charge in [0, 0.05) is 30.9 Å². The summed E-state index contributed by atoms with van der Waals surface area (Å²) < 4.78 is 2.64. The highest BCUT2D eigenvalue weighted by Gasteiger charge is 2.29. The molecule has 134 valence electrons. The summed E-state index contributed by atoms with van der Waals surface area (Å²) in [5, 5.41) is 8.17. The Kier molecular flexibility index (Phi) is 4.48. The molecule has 1 saturated heterocycles. The fourth-order valence-corrected chi connectivity index (χ4v) is 3.58. The number of amides is 1. The first-order chi connectivity index (χ1) is 12.6. The number of hydrogen-bond donors (Lipinski definition) is 1. The summed E-state index contributed by atoms with van der Waals surface area (Å²) in [7, 11) is 0. The van der Waals surface area contributed by atoms with E-state index in [1.54, 1.807) is 29.3 Å². The number of nitrogens with one attached hydrogen (secondary N) is 1. The Morgan fingerprint density at radius 3 is 2.85 bits per heavy atom. The van der Waals surface area contributed by atoms with E-state index in [2.05, 4.69) is 10.4 Å². The van der Waals surface area contributed by atoms with Crippen molar-refractivity contribution in [2.24, 2.45) is 0 Å². The molecule has 1 unspecified atom stereocenters. The maximum atomic E-state index is 12.9. The molecule has 2 aromatic heterocycles. The molecule has 0 saturated carbocycles. The van der Waals surface area contributed by atoms with Crippen LogP contribution < -0.4 is 11.0 Å². The van der Waals surface area contributed by atoms with E-state index in [9.17, 15) is 9.59 Å². The van der Waals surface area contributed by atoms with Crippen molar-refractivity contribution in [3.8, 4) is 0 Å². The zero-order chi connectivity index (χ0) is 18.1. The Bertz CT molecular complexity index is 1010. The highest BCUT2D eigenvalue weighted by atomic mass is 35.5. The fraction of sp³-hybridized carbons (Fsp3) is 0.278. The summed E-state index contributed by atoms with van der Waals surface area (Å²) >= 11 is 6.33. The molecule has 3 aromatic rings. The standard InChI is InChI=1S/C18H18ClN5O2/c19-14-6-2-1-5-13(14)15-11-20-8-10-22(15)17(25)12-24-18(26)23-9-4-3-7-16(23)21-24/h1-7,9,15,20H,8,10-12H2. The first-order valence-corrected chi connectivity index (χ1v) is 8.82. The topological polar surface area (TPSA) is 71.6 Å². The molecule has 0 bridgehead atoms. The van der Waals surface area contributed by atoms with E-state index >= 15 is 0 Å². The first-order valence-electron chi connectivity index (χ1n) is 8.44. The molecule has 1 aliphatic heterocycles. The van der Waals surface area contributed by atoms with Crippen LogP contribution in [0.15, 0.2) is 53.5 Å². The van der Waals surface area contributed by atoms with E-state index in [1.807, 2.05) is 24.3 Å². The molecule has 1 aliphatic rings. The number of fused-ring (bicyclic) bond motifs is 1. The highest BCUT2D eigenvalue weighted by Crippen LogP contribution is 2.28. The van der Waals surface area contributed by atoms with Crippen molar-refractivity contribution in [2.75, 3.05) is 19.6 Å². The molecule has 0 radical (unpaired) electrons. The van der Waals surface area contributed by atoms with Crippen molar-refractivity contribution < 1.29 is 4.79 Å². The van der Waals surface area contributed by atoms with Gasteiger partial charge in [0.25, 0.3) is 0 Å². The predicted octanol–water partition coefficient (Wildman–Crippen LogP) is 1.32. The lowest BCUT2D eigenvalue weighted by atomic mass is 10.0. The molecule has 1 aromatic carbocycles. The van der Waals surface area contributed by atoms with Gasteiger partial charge in [-0.05, 0) is 23.8 Å². The van der Waals surface area contributed by atoms with Crippen LogP contribution in [0.25, 0.3) is 5.65 Å². The minimum absolute atomic E-state index is 0.0958. The number of carbonyl (C=O) groups is 1. The van der Waals surface area contributed by atoms with Gasteiger partial charge >= 0.3 is 5.69 Å². The smallest absolute Gasteiger partial charge is 0.331 e. The van der Waals surface area contributed by atoms with E-state index in [-0.39, 0.29) is 24.2 Å². The number of piperazine rings is 1. The van der Waals surface area contributed by atoms with Gasteiger partial charge in [-0.15, -0.1) is 5.10 Å². The van der Waals surface area contributed by atoms with Crippen molar-refractivity contribution in [1.82, 2.24) is 24.4 Å². The maximum Gasteiger partial charge on any atom is 0.350 e. The highest BCUT2D eigenvalue weighted by molar-refractivity contribution is 6.31. The minimum atomic E-state index is -0.321. The molecule has 1 amide bonds. The van der Waals surface area contributed by atoms with E-state index in [0.717, 1.165) is 5.56 Å². The molecular formula is C18H18ClN5O2. The zero-order valence-corrected chi connectivity index (χ0v) is 14.8. The van der Waals surface area contributed by atoms with E-state index in [1.165, 1.54) is 9.08 Å². The van der Waals surface area contributed by atoms with Gasteiger partial charge in [0.2, 0.25) is 5.91 Å². The number of hydrogen-bond acceptors (Lipinski definition) is 4. The normalized spacial score (nSPS) is 17.6. The van der Waals surface area contributed by atoms with Crippen LogP contribution in [0.5, 0.6) is 0 Å². The van der Waals surface area contributed by atoms with E-state index in [4.69, 9.17) is 11.6 Å². The van der Waals surface area contributed by atoms with Crippen molar-refractivity contribution >= 4 is 23.2 Å². The quantitative estimate of drug-likeness (QED) is 0.753. The molecule has 4 rings (SSSR count). The van der Waals surface area contributed by atoms with Crippen LogP contribution in [-0.4, -0.2) is 44.6 Å². The Hall–Kier alpha value is -2.64. The van der Waals surface area contributed by atoms with Gasteiger partial charge in [-0.2, -0.15) is 0 Å². The monoisotopic (exact) mass is 371 g/mol. The summed E-state index contributed by atoms with van der Waals surface area (Å²) in [4.78, 5) is 27.1. The summed E-state index contributed by atoms with van der Waals surface area (Å²) in [6.07, 6.45) is 1.64. The number of rotatable bonds is 3. The maximum absolute atomic E-state index is 12.9. The number of aromatic nitrogens is 3. The molecule has 0 spiro atoms. The van der Waals surface area contributed by atoms with Crippen LogP contribution in [0, 0.1) is 0 Å². The summed E-state index contributed by atoms with van der Waals surface area (Å²) in [5.74, 6) is -0.151. The molecule has 7 nitrogen and oxygen atoms in total. The first kappa shape index (κ1) is 16.8. The van der Waals surface area contributed by atoms with E-state index < -0.39 is 0 Å². The molecule has 0 aliphatic carbocycles. The second-order valence-electron chi connectivity index (χ2n) is 6.20. The van der Waals surface area contributed by atoms with Gasteiger partial charge in [-0.1, -0.05) is 35.9 Å². The zero-order valence-electron chi connectivity index (χ0n) is 14.0. The van der Waals surface area contributed by atoms with Crippen LogP contribution in [-0.2, 0) is 11.3 Å². The minimum Gasteiger partial charge on any atom is -0.331 e. The largest absolute Gasteiger partial charge is 0.350 e. The molecule has 1 fully saturated rings. The van der Waals surface area contributed by atoms with Gasteiger partial charge in [0.1, 0.15) is 6.54 Å². The van der Waals surface area contributed by atoms with Gasteiger partial charge in [0.05, 0.1) is 6.04 Å². The number of carbonyl (C=O) groups excluding carboxylic acids is 1. The van der Waals surface area contributed by atoms with Crippen molar-refractivity contribution in [3.63, 3.8) is 0 Å². The summed E-state index contributed by atoms with van der Waals surface area (Å²) in [6, 6.07) is 12.6. The average Bonchev–Trinajstić information content (AvgIpc) is 2.98. The second-order valence-corrected chi connectivity index (χ2v) is 6.60. The lowest BCUT2D eigenvalue weighted by Crippen LogP contribution is -2.50. The summed E-state index contributed by atoms with van der Waals surface area (Å²) in [6.45, 7) is 1.78. The van der Waals surface area contributed by atoms with Crippen molar-refractivity contribution in [1.29, 1.82) is 0 Å². The number of pyridine rings is 1. The Morgan fingerprint density at radius 2 is 2.04 bits per heavy atom. The molecule has 1 N–H and O–H groups in total. The van der Waals surface area contributed by atoms with Crippen LogP contribution >= 0.6 is 11.6 Å². The third kappa shape index (κ3) is 3.00. The third-order valence-corrected chi connectivity index (χ3v) is 4.95. The Labute approximate surface area is 154 Å². The fourth-order valence-electron chi connectivity index (χ4n) is 3.32. The number of halogens is 1. The Balaban J connectivity index is 1.62. The van der Waals surface area contributed by atoms with E-state index in [0.29, 0.717) is 30.3 Å². The predicted molar refractivity (Wildman–Crippen MR) is 98.2 cm³/mol.